The average Bonchev–Trinajstić information content (AvgIpc) is 2.13. The molecule has 0 bridgehead atoms. The largest absolute Gasteiger partial charge is 0.355 e. The van der Waals surface area contributed by atoms with E-state index in [1.54, 1.807) is 0 Å². The summed E-state index contributed by atoms with van der Waals surface area (Å²) in [6.45, 7) is 6.88. The minimum atomic E-state index is 0.140. The second-order valence-corrected chi connectivity index (χ2v) is 4.74. The summed E-state index contributed by atoms with van der Waals surface area (Å²) in [6.07, 6.45) is 3.17. The molecule has 0 radical (unpaired) electrons. The van der Waals surface area contributed by atoms with Gasteiger partial charge in [-0.15, -0.1) is 0 Å². The molecule has 2 nitrogen and oxygen atoms in total. The lowest BCUT2D eigenvalue weighted by Gasteiger charge is -2.12. The van der Waals surface area contributed by atoms with Crippen molar-refractivity contribution in [1.82, 2.24) is 5.32 Å². The van der Waals surface area contributed by atoms with Crippen LogP contribution in [0.25, 0.3) is 0 Å². The lowest BCUT2D eigenvalue weighted by molar-refractivity contribution is -0.124. The summed E-state index contributed by atoms with van der Waals surface area (Å²) in [5, 5.41) is 2.93. The van der Waals surface area contributed by atoms with E-state index in [2.05, 4.69) is 28.2 Å². The molecule has 0 saturated carbocycles. The summed E-state index contributed by atoms with van der Waals surface area (Å²) in [5.74, 6) is 0.310. The van der Waals surface area contributed by atoms with Gasteiger partial charge in [-0.05, 0) is 12.8 Å². The van der Waals surface area contributed by atoms with Gasteiger partial charge < -0.3 is 5.32 Å². The van der Waals surface area contributed by atoms with Gasteiger partial charge in [0.2, 0.25) is 5.91 Å². The summed E-state index contributed by atoms with van der Waals surface area (Å²) < 4.78 is 0. The van der Waals surface area contributed by atoms with Crippen LogP contribution < -0.4 is 5.32 Å². The van der Waals surface area contributed by atoms with Gasteiger partial charge in [0.1, 0.15) is 0 Å². The first-order chi connectivity index (χ1) is 6.11. The molecule has 0 aromatic rings. The molecule has 0 heterocycles. The van der Waals surface area contributed by atoms with Crippen LogP contribution >= 0.6 is 15.9 Å². The third-order valence-electron chi connectivity index (χ3n) is 2.16. The maximum atomic E-state index is 11.4. The van der Waals surface area contributed by atoms with Crippen molar-refractivity contribution in [3.63, 3.8) is 0 Å². The summed E-state index contributed by atoms with van der Waals surface area (Å²) in [5.41, 5.74) is 0. The molecule has 0 rings (SSSR count). The third kappa shape index (κ3) is 6.08. The van der Waals surface area contributed by atoms with Gasteiger partial charge in [-0.1, -0.05) is 43.1 Å². The molecule has 2 unspecified atom stereocenters. The van der Waals surface area contributed by atoms with E-state index in [0.717, 1.165) is 25.8 Å². The van der Waals surface area contributed by atoms with Crippen molar-refractivity contribution < 1.29 is 4.79 Å². The fraction of sp³-hybridized carbons (Fsp3) is 0.900. The van der Waals surface area contributed by atoms with Crippen LogP contribution in [0.5, 0.6) is 0 Å². The predicted octanol–water partition coefficient (Wildman–Crippen LogP) is 2.71. The normalized spacial score (nSPS) is 15.1. The van der Waals surface area contributed by atoms with E-state index in [9.17, 15) is 4.79 Å². The highest BCUT2D eigenvalue weighted by atomic mass is 79.9. The Morgan fingerprint density at radius 3 is 2.54 bits per heavy atom. The molecule has 0 aliphatic rings. The topological polar surface area (TPSA) is 29.1 Å². The van der Waals surface area contributed by atoms with E-state index < -0.39 is 0 Å². The molecule has 0 aliphatic heterocycles. The van der Waals surface area contributed by atoms with Crippen LogP contribution in [0.15, 0.2) is 0 Å². The molecule has 0 aromatic heterocycles. The molecular weight excluding hydrogens is 230 g/mol. The second kappa shape index (κ2) is 7.36. The number of rotatable bonds is 6. The Hall–Kier alpha value is -0.0500. The van der Waals surface area contributed by atoms with Gasteiger partial charge in [-0.3, -0.25) is 4.79 Å². The maximum absolute atomic E-state index is 11.4. The summed E-state index contributed by atoms with van der Waals surface area (Å²) in [7, 11) is 0. The molecule has 0 fully saturated rings. The smallest absolute Gasteiger partial charge is 0.222 e. The first-order valence-corrected chi connectivity index (χ1v) is 5.95. The molecular formula is C10H20BrNO. The highest BCUT2D eigenvalue weighted by Crippen LogP contribution is 2.07. The van der Waals surface area contributed by atoms with E-state index in [1.807, 2.05) is 13.8 Å². The highest BCUT2D eigenvalue weighted by Gasteiger charge is 2.11. The molecule has 2 atom stereocenters. The Bertz CT molecular complexity index is 150. The van der Waals surface area contributed by atoms with E-state index in [-0.39, 0.29) is 11.8 Å². The Labute approximate surface area is 89.6 Å². The van der Waals surface area contributed by atoms with E-state index in [4.69, 9.17) is 0 Å². The third-order valence-corrected chi connectivity index (χ3v) is 2.94. The zero-order valence-corrected chi connectivity index (χ0v) is 10.4. The van der Waals surface area contributed by atoms with Crippen LogP contribution in [-0.4, -0.2) is 17.3 Å². The number of alkyl halides is 1. The molecule has 0 spiro atoms. The molecule has 0 aliphatic carbocycles. The second-order valence-electron chi connectivity index (χ2n) is 3.44. The van der Waals surface area contributed by atoms with Gasteiger partial charge in [0, 0.05) is 17.3 Å². The Morgan fingerprint density at radius 1 is 1.46 bits per heavy atom. The first kappa shape index (κ1) is 12.9. The quantitative estimate of drug-likeness (QED) is 0.721. The number of halogens is 1. The molecule has 1 amide bonds. The van der Waals surface area contributed by atoms with Crippen molar-refractivity contribution in [2.24, 2.45) is 5.92 Å². The van der Waals surface area contributed by atoms with Crippen molar-refractivity contribution in [2.75, 3.05) is 6.54 Å². The van der Waals surface area contributed by atoms with Crippen LogP contribution in [0.2, 0.25) is 0 Å². The monoisotopic (exact) mass is 249 g/mol. The number of nitrogens with one attached hydrogen (secondary N) is 1. The van der Waals surface area contributed by atoms with Gasteiger partial charge in [0.05, 0.1) is 0 Å². The van der Waals surface area contributed by atoms with Crippen molar-refractivity contribution in [2.45, 2.75) is 44.9 Å². The van der Waals surface area contributed by atoms with Crippen molar-refractivity contribution in [1.29, 1.82) is 0 Å². The SMILES string of the molecule is CCCC(Br)CNC(=O)C(C)CC. The van der Waals surface area contributed by atoms with Crippen LogP contribution in [0.4, 0.5) is 0 Å². The lowest BCUT2D eigenvalue weighted by atomic mass is 10.1. The van der Waals surface area contributed by atoms with Crippen LogP contribution in [0, 0.1) is 5.92 Å². The molecule has 13 heavy (non-hydrogen) atoms. The summed E-state index contributed by atoms with van der Waals surface area (Å²) in [4.78, 5) is 11.8. The average molecular weight is 250 g/mol. The minimum absolute atomic E-state index is 0.140. The number of hydrogen-bond donors (Lipinski definition) is 1. The molecule has 0 saturated heterocycles. The minimum Gasteiger partial charge on any atom is -0.355 e. The number of carbonyl (C=O) groups is 1. The number of amides is 1. The zero-order chi connectivity index (χ0) is 10.3. The van der Waals surface area contributed by atoms with Gasteiger partial charge in [-0.2, -0.15) is 0 Å². The first-order valence-electron chi connectivity index (χ1n) is 5.03. The van der Waals surface area contributed by atoms with Gasteiger partial charge in [-0.25, -0.2) is 0 Å². The maximum Gasteiger partial charge on any atom is 0.222 e. The van der Waals surface area contributed by atoms with E-state index in [1.165, 1.54) is 0 Å². The predicted molar refractivity (Wildman–Crippen MR) is 60.1 cm³/mol. The summed E-state index contributed by atoms with van der Waals surface area (Å²) in [6, 6.07) is 0. The lowest BCUT2D eigenvalue weighted by Crippen LogP contribution is -2.33. The van der Waals surface area contributed by atoms with Gasteiger partial charge in [0.15, 0.2) is 0 Å². The zero-order valence-electron chi connectivity index (χ0n) is 8.77. The fourth-order valence-corrected chi connectivity index (χ4v) is 1.61. The fourth-order valence-electron chi connectivity index (χ4n) is 0.986. The van der Waals surface area contributed by atoms with E-state index >= 15 is 0 Å². The molecule has 0 aromatic carbocycles. The highest BCUT2D eigenvalue weighted by molar-refractivity contribution is 9.09. The van der Waals surface area contributed by atoms with Crippen LogP contribution in [0.1, 0.15) is 40.0 Å². The number of carbonyl (C=O) groups excluding carboxylic acids is 1. The number of hydrogen-bond acceptors (Lipinski definition) is 1. The molecule has 78 valence electrons. The van der Waals surface area contributed by atoms with Crippen LogP contribution in [0.3, 0.4) is 0 Å². The molecule has 1 N–H and O–H groups in total. The van der Waals surface area contributed by atoms with Crippen molar-refractivity contribution in [3.05, 3.63) is 0 Å². The van der Waals surface area contributed by atoms with Crippen LogP contribution in [-0.2, 0) is 4.79 Å². The van der Waals surface area contributed by atoms with Gasteiger partial charge in [0.25, 0.3) is 0 Å². The van der Waals surface area contributed by atoms with Crippen molar-refractivity contribution >= 4 is 21.8 Å². The summed E-state index contributed by atoms with van der Waals surface area (Å²) >= 11 is 3.52. The Morgan fingerprint density at radius 2 is 2.08 bits per heavy atom. The Kier molecular flexibility index (Phi) is 7.33. The molecule has 3 heteroatoms. The Balaban J connectivity index is 3.57. The standard InChI is InChI=1S/C10H20BrNO/c1-4-6-9(11)7-12-10(13)8(3)5-2/h8-9H,4-7H2,1-3H3,(H,12,13). The van der Waals surface area contributed by atoms with Gasteiger partial charge >= 0.3 is 0 Å². The van der Waals surface area contributed by atoms with Crippen molar-refractivity contribution in [3.8, 4) is 0 Å². The van der Waals surface area contributed by atoms with E-state index in [0.29, 0.717) is 4.83 Å².